The number of amides is 1. The first kappa shape index (κ1) is 13.6. The zero-order valence-corrected chi connectivity index (χ0v) is 12.5. The van der Waals surface area contributed by atoms with Gasteiger partial charge in [0, 0.05) is 10.9 Å². The quantitative estimate of drug-likeness (QED) is 0.799. The third-order valence-corrected chi connectivity index (χ3v) is 5.64. The Morgan fingerprint density at radius 3 is 2.90 bits per heavy atom. The van der Waals surface area contributed by atoms with Gasteiger partial charge in [-0.1, -0.05) is 12.8 Å². The van der Waals surface area contributed by atoms with Crippen LogP contribution in [-0.4, -0.2) is 23.4 Å². The topological polar surface area (TPSA) is 44.1 Å². The highest BCUT2D eigenvalue weighted by Gasteiger charge is 2.34. The second kappa shape index (κ2) is 5.97. The number of thiophene rings is 1. The highest BCUT2D eigenvalue weighted by atomic mass is 32.1. The second-order valence-electron chi connectivity index (χ2n) is 5.81. The standard InChI is InChI=1S/C16H20N2OS/c17-9-10-18(12-4-1-2-5-12)16(19)14-6-3-7-15-13(14)8-11-20-15/h8,11-12,14H,1-7,10H2. The Balaban J connectivity index is 1.82. The third-order valence-electron chi connectivity index (χ3n) is 4.64. The number of fused-ring (bicyclic) bond motifs is 1. The predicted molar refractivity (Wildman–Crippen MR) is 79.6 cm³/mol. The Morgan fingerprint density at radius 2 is 2.15 bits per heavy atom. The highest BCUT2D eigenvalue weighted by molar-refractivity contribution is 7.10. The molecule has 1 fully saturated rings. The summed E-state index contributed by atoms with van der Waals surface area (Å²) in [5, 5.41) is 11.2. The molecule has 4 heteroatoms. The van der Waals surface area contributed by atoms with E-state index in [1.165, 1.54) is 23.3 Å². The van der Waals surface area contributed by atoms with E-state index in [9.17, 15) is 4.79 Å². The number of carbonyl (C=O) groups excluding carboxylic acids is 1. The minimum atomic E-state index is -0.000972. The molecule has 1 aromatic rings. The molecule has 2 aliphatic rings. The average Bonchev–Trinajstić information content (AvgIpc) is 3.14. The summed E-state index contributed by atoms with van der Waals surface area (Å²) >= 11 is 1.77. The molecule has 0 aliphatic heterocycles. The molecule has 20 heavy (non-hydrogen) atoms. The molecule has 1 saturated carbocycles. The summed E-state index contributed by atoms with van der Waals surface area (Å²) in [4.78, 5) is 16.2. The maximum atomic E-state index is 12.9. The van der Waals surface area contributed by atoms with Crippen molar-refractivity contribution in [2.75, 3.05) is 6.54 Å². The molecule has 1 aromatic heterocycles. The molecule has 106 valence electrons. The number of hydrogen-bond acceptors (Lipinski definition) is 3. The van der Waals surface area contributed by atoms with E-state index in [-0.39, 0.29) is 18.4 Å². The van der Waals surface area contributed by atoms with Crippen LogP contribution in [-0.2, 0) is 11.2 Å². The molecular weight excluding hydrogens is 268 g/mol. The van der Waals surface area contributed by atoms with Crippen molar-refractivity contribution in [3.05, 3.63) is 21.9 Å². The van der Waals surface area contributed by atoms with Gasteiger partial charge in [-0.15, -0.1) is 11.3 Å². The van der Waals surface area contributed by atoms with Crippen LogP contribution in [0.2, 0.25) is 0 Å². The molecule has 0 aromatic carbocycles. The molecule has 3 rings (SSSR count). The van der Waals surface area contributed by atoms with Crippen molar-refractivity contribution in [3.8, 4) is 6.07 Å². The number of hydrogen-bond donors (Lipinski definition) is 0. The third kappa shape index (κ3) is 2.47. The molecule has 3 nitrogen and oxygen atoms in total. The Labute approximate surface area is 124 Å². The SMILES string of the molecule is N#CCN(C(=O)C1CCCc2sccc21)C1CCCC1. The van der Waals surface area contributed by atoms with Gasteiger partial charge in [-0.2, -0.15) is 5.26 Å². The molecule has 0 spiro atoms. The van der Waals surface area contributed by atoms with E-state index in [0.29, 0.717) is 6.04 Å². The van der Waals surface area contributed by atoms with Gasteiger partial charge in [-0.3, -0.25) is 4.79 Å². The first-order valence-corrected chi connectivity index (χ1v) is 8.43. The van der Waals surface area contributed by atoms with Crippen LogP contribution < -0.4 is 0 Å². The molecule has 2 aliphatic carbocycles. The lowest BCUT2D eigenvalue weighted by molar-refractivity contribution is -0.134. The zero-order chi connectivity index (χ0) is 13.9. The first-order chi connectivity index (χ1) is 9.81. The van der Waals surface area contributed by atoms with Crippen molar-refractivity contribution in [1.82, 2.24) is 4.90 Å². The van der Waals surface area contributed by atoms with Crippen LogP contribution in [0.3, 0.4) is 0 Å². The smallest absolute Gasteiger partial charge is 0.231 e. The molecule has 1 amide bonds. The van der Waals surface area contributed by atoms with Crippen LogP contribution in [0, 0.1) is 11.3 Å². The number of nitrogens with zero attached hydrogens (tertiary/aromatic N) is 2. The summed E-state index contributed by atoms with van der Waals surface area (Å²) in [5.74, 6) is 0.191. The van der Waals surface area contributed by atoms with E-state index in [1.807, 2.05) is 4.90 Å². The van der Waals surface area contributed by atoms with Crippen molar-refractivity contribution >= 4 is 17.2 Å². The molecule has 0 bridgehead atoms. The van der Waals surface area contributed by atoms with Gasteiger partial charge in [0.05, 0.1) is 12.0 Å². The van der Waals surface area contributed by atoms with Crippen LogP contribution in [0.1, 0.15) is 54.9 Å². The van der Waals surface area contributed by atoms with Gasteiger partial charge in [0.15, 0.2) is 0 Å². The summed E-state index contributed by atoms with van der Waals surface area (Å²) in [6.45, 7) is 0.249. The minimum absolute atomic E-state index is 0.000972. The minimum Gasteiger partial charge on any atom is -0.326 e. The van der Waals surface area contributed by atoms with Crippen LogP contribution in [0.25, 0.3) is 0 Å². The van der Waals surface area contributed by atoms with Crippen LogP contribution in [0.4, 0.5) is 0 Å². The average molecular weight is 288 g/mol. The molecule has 0 radical (unpaired) electrons. The Morgan fingerprint density at radius 1 is 1.35 bits per heavy atom. The van der Waals surface area contributed by atoms with Gasteiger partial charge in [0.25, 0.3) is 0 Å². The lowest BCUT2D eigenvalue weighted by Crippen LogP contribution is -2.42. The number of nitriles is 1. The van der Waals surface area contributed by atoms with Gasteiger partial charge in [-0.25, -0.2) is 0 Å². The van der Waals surface area contributed by atoms with Crippen LogP contribution in [0.5, 0.6) is 0 Å². The summed E-state index contributed by atoms with van der Waals surface area (Å²) in [6, 6.07) is 4.60. The van der Waals surface area contributed by atoms with Gasteiger partial charge >= 0.3 is 0 Å². The molecule has 1 heterocycles. The van der Waals surface area contributed by atoms with Crippen molar-refractivity contribution in [1.29, 1.82) is 5.26 Å². The van der Waals surface area contributed by atoms with E-state index in [1.54, 1.807) is 11.3 Å². The van der Waals surface area contributed by atoms with Crippen LogP contribution in [0.15, 0.2) is 11.4 Å². The van der Waals surface area contributed by atoms with Gasteiger partial charge in [0.2, 0.25) is 5.91 Å². The molecule has 1 unspecified atom stereocenters. The summed E-state index contributed by atoms with van der Waals surface area (Å²) in [7, 11) is 0. The molecule has 1 atom stereocenters. The van der Waals surface area contributed by atoms with E-state index in [4.69, 9.17) is 5.26 Å². The van der Waals surface area contributed by atoms with E-state index >= 15 is 0 Å². The fourth-order valence-electron chi connectivity index (χ4n) is 3.62. The van der Waals surface area contributed by atoms with Gasteiger partial charge in [0.1, 0.15) is 6.54 Å². The van der Waals surface area contributed by atoms with Gasteiger partial charge in [-0.05, 0) is 49.1 Å². The van der Waals surface area contributed by atoms with E-state index in [0.717, 1.165) is 32.1 Å². The number of rotatable bonds is 3. The summed E-state index contributed by atoms with van der Waals surface area (Å²) < 4.78 is 0. The van der Waals surface area contributed by atoms with Crippen molar-refractivity contribution < 1.29 is 4.79 Å². The maximum absolute atomic E-state index is 12.9. The summed E-state index contributed by atoms with van der Waals surface area (Å²) in [5.41, 5.74) is 1.23. The maximum Gasteiger partial charge on any atom is 0.231 e. The lowest BCUT2D eigenvalue weighted by atomic mass is 9.86. The largest absolute Gasteiger partial charge is 0.326 e. The fraction of sp³-hybridized carbons (Fsp3) is 0.625. The predicted octanol–water partition coefficient (Wildman–Crippen LogP) is 3.46. The molecule has 0 saturated heterocycles. The van der Waals surface area contributed by atoms with Gasteiger partial charge < -0.3 is 4.90 Å². The summed E-state index contributed by atoms with van der Waals surface area (Å²) in [6.07, 6.45) is 7.65. The van der Waals surface area contributed by atoms with E-state index in [2.05, 4.69) is 17.5 Å². The number of carbonyl (C=O) groups is 1. The number of aryl methyl sites for hydroxylation is 1. The zero-order valence-electron chi connectivity index (χ0n) is 11.7. The van der Waals surface area contributed by atoms with Crippen molar-refractivity contribution in [2.24, 2.45) is 0 Å². The van der Waals surface area contributed by atoms with Crippen molar-refractivity contribution in [2.45, 2.75) is 56.9 Å². The Hall–Kier alpha value is -1.34. The Kier molecular flexibility index (Phi) is 4.07. The highest BCUT2D eigenvalue weighted by Crippen LogP contribution is 2.37. The van der Waals surface area contributed by atoms with Crippen molar-refractivity contribution in [3.63, 3.8) is 0 Å². The monoisotopic (exact) mass is 288 g/mol. The normalized spacial score (nSPS) is 22.2. The van der Waals surface area contributed by atoms with Crippen LogP contribution >= 0.6 is 11.3 Å². The molecular formula is C16H20N2OS. The van der Waals surface area contributed by atoms with E-state index < -0.39 is 0 Å². The molecule has 0 N–H and O–H groups in total. The Bertz CT molecular complexity index is 525. The lowest BCUT2D eigenvalue weighted by Gasteiger charge is -2.32. The second-order valence-corrected chi connectivity index (χ2v) is 6.81. The fourth-order valence-corrected chi connectivity index (χ4v) is 4.61. The first-order valence-electron chi connectivity index (χ1n) is 7.55.